The normalized spacial score (nSPS) is 22.5. The van der Waals surface area contributed by atoms with E-state index in [4.69, 9.17) is 0 Å². The van der Waals surface area contributed by atoms with Crippen molar-refractivity contribution < 1.29 is 107 Å². The van der Waals surface area contributed by atoms with Gasteiger partial charge in [-0.25, -0.2) is 4.79 Å². The first-order chi connectivity index (χ1) is 25.1. The zero-order valence-corrected chi connectivity index (χ0v) is 29.0. The lowest BCUT2D eigenvalue weighted by Gasteiger charge is -2.61. The number of likely N-dealkylation sites (tertiary alicyclic amines) is 1. The van der Waals surface area contributed by atoms with Crippen LogP contribution in [0.3, 0.4) is 0 Å². The van der Waals surface area contributed by atoms with Gasteiger partial charge in [0.2, 0.25) is 17.5 Å². The van der Waals surface area contributed by atoms with E-state index in [1.54, 1.807) is 0 Å². The summed E-state index contributed by atoms with van der Waals surface area (Å²) in [4.78, 5) is 26.7. The van der Waals surface area contributed by atoms with E-state index in [1.165, 1.54) is 0 Å². The van der Waals surface area contributed by atoms with E-state index in [-0.39, 0.29) is 27.1 Å². The number of alkyl halides is 6. The fourth-order valence-electron chi connectivity index (χ4n) is 6.94. The average Bonchev–Trinajstić information content (AvgIpc) is 3.03. The first-order valence-electron chi connectivity index (χ1n) is 15.6. The van der Waals surface area contributed by atoms with Gasteiger partial charge in [0.25, 0.3) is 5.79 Å². The summed E-state index contributed by atoms with van der Waals surface area (Å²) in [5, 5.41) is 143. The van der Waals surface area contributed by atoms with E-state index in [2.05, 4.69) is 0 Å². The number of hydrogen-bond donors (Lipinski definition) is 13. The molecule has 19 nitrogen and oxygen atoms in total. The van der Waals surface area contributed by atoms with Crippen molar-refractivity contribution >= 4 is 11.9 Å². The van der Waals surface area contributed by atoms with Crippen molar-refractivity contribution in [2.45, 2.75) is 68.4 Å². The highest BCUT2D eigenvalue weighted by atomic mass is 19.4. The number of carbonyl (C=O) groups excluding carboxylic acids is 2. The van der Waals surface area contributed by atoms with Crippen molar-refractivity contribution in [1.29, 1.82) is 0 Å². The highest BCUT2D eigenvalue weighted by Gasteiger charge is 2.75. The summed E-state index contributed by atoms with van der Waals surface area (Å²) in [5.74, 6) is -29.3. The van der Waals surface area contributed by atoms with Crippen LogP contribution in [0.15, 0.2) is 0 Å². The molecule has 4 rings (SSSR count). The van der Waals surface area contributed by atoms with Crippen molar-refractivity contribution in [1.82, 2.24) is 19.6 Å². The van der Waals surface area contributed by atoms with E-state index in [9.17, 15) is 107 Å². The molecule has 3 amide bonds. The highest BCUT2D eigenvalue weighted by Crippen LogP contribution is 2.58. The minimum absolute atomic E-state index is 0.0955. The monoisotopic (exact) mass is 824 g/mol. The van der Waals surface area contributed by atoms with Gasteiger partial charge in [-0.2, -0.15) is 30.7 Å². The molecule has 56 heavy (non-hydrogen) atoms. The van der Waals surface area contributed by atoms with E-state index in [0.717, 1.165) is 11.8 Å². The summed E-state index contributed by atoms with van der Waals surface area (Å²) in [6, 6.07) is -8.76. The quantitative estimate of drug-likeness (QED) is 0.0778. The van der Waals surface area contributed by atoms with E-state index in [1.807, 2.05) is 0 Å². The molecule has 0 bridgehead atoms. The number of amides is 3. The molecule has 2 fully saturated rings. The molecular weight excluding hydrogens is 789 g/mol. The minimum atomic E-state index is -6.11. The molecular formula is C30H35F7N4O15. The second-order valence-electron chi connectivity index (χ2n) is 13.3. The lowest BCUT2D eigenvalue weighted by Crippen LogP contribution is -2.85. The number of benzene rings is 2. The van der Waals surface area contributed by atoms with Gasteiger partial charge < -0.3 is 71.3 Å². The maximum atomic E-state index is 14.7. The highest BCUT2D eigenvalue weighted by molar-refractivity contribution is 5.79. The first-order valence-corrected chi connectivity index (χ1v) is 15.6. The second-order valence-corrected chi connectivity index (χ2v) is 13.3. The zero-order valence-electron chi connectivity index (χ0n) is 29.0. The van der Waals surface area contributed by atoms with Crippen LogP contribution >= 0.6 is 0 Å². The molecule has 3 unspecified atom stereocenters. The molecule has 2 aliphatic rings. The summed E-state index contributed by atoms with van der Waals surface area (Å²) in [7, 11) is 0.188. The smallest absolute Gasteiger partial charge is 0.423 e. The number of piperazine rings is 1. The van der Waals surface area contributed by atoms with Crippen LogP contribution in [0, 0.1) is 12.7 Å². The Kier molecular flexibility index (Phi) is 10.5. The number of hydrogen-bond acceptors (Lipinski definition) is 16. The summed E-state index contributed by atoms with van der Waals surface area (Å²) >= 11 is 0. The summed E-state index contributed by atoms with van der Waals surface area (Å²) < 4.78 is 98.2. The number of phenols is 6. The Morgan fingerprint density at radius 1 is 0.732 bits per heavy atom. The van der Waals surface area contributed by atoms with Crippen LogP contribution in [-0.4, -0.2) is 155 Å². The third-order valence-electron chi connectivity index (χ3n) is 9.93. The summed E-state index contributed by atoms with van der Waals surface area (Å²) in [6.07, 6.45) is -12.2. The van der Waals surface area contributed by atoms with Crippen LogP contribution < -0.4 is 0 Å². The summed E-state index contributed by atoms with van der Waals surface area (Å²) in [5.41, 5.74) is -14.6. The van der Waals surface area contributed by atoms with Gasteiger partial charge in [-0.05, 0) is 13.8 Å². The molecule has 26 heteroatoms. The maximum Gasteiger partial charge on any atom is 0.423 e. The second kappa shape index (κ2) is 13.4. The first kappa shape index (κ1) is 43.9. The number of nitrogens with zero attached hydrogens (tertiary/aromatic N) is 4. The van der Waals surface area contributed by atoms with Gasteiger partial charge in [0.05, 0.1) is 5.56 Å². The molecule has 0 saturated carbocycles. The fraction of sp³-hybridized carbons (Fsp3) is 0.533. The lowest BCUT2D eigenvalue weighted by atomic mass is 9.77. The number of aliphatic hydroxyl groups is 7. The Morgan fingerprint density at radius 3 is 1.57 bits per heavy atom. The molecule has 2 aromatic carbocycles. The van der Waals surface area contributed by atoms with Crippen LogP contribution in [0.1, 0.15) is 47.7 Å². The van der Waals surface area contributed by atoms with Crippen molar-refractivity contribution in [2.24, 2.45) is 0 Å². The molecule has 2 aliphatic heterocycles. The predicted octanol–water partition coefficient (Wildman–Crippen LogP) is -0.788. The molecule has 0 aromatic heterocycles. The van der Waals surface area contributed by atoms with Gasteiger partial charge in [-0.1, -0.05) is 0 Å². The summed E-state index contributed by atoms with van der Waals surface area (Å²) in [6.45, 7) is 0.127. The van der Waals surface area contributed by atoms with Crippen LogP contribution in [0.2, 0.25) is 0 Å². The number of urea groups is 1. The molecule has 0 spiro atoms. The van der Waals surface area contributed by atoms with E-state index >= 15 is 0 Å². The van der Waals surface area contributed by atoms with Gasteiger partial charge in [-0.3, -0.25) is 19.5 Å². The largest absolute Gasteiger partial charge is 0.507 e. The molecule has 2 aromatic rings. The number of halogens is 7. The Balaban J connectivity index is 2.07. The van der Waals surface area contributed by atoms with Crippen LogP contribution in [0.5, 0.6) is 34.5 Å². The van der Waals surface area contributed by atoms with Gasteiger partial charge >= 0.3 is 24.3 Å². The Hall–Kier alpha value is -4.83. The topological polar surface area (TPSA) is 310 Å². The number of phenolic OH excluding ortho intramolecular Hbond substituents is 6. The van der Waals surface area contributed by atoms with Crippen LogP contribution in [-0.2, 0) is 22.9 Å². The van der Waals surface area contributed by atoms with Crippen LogP contribution in [0.4, 0.5) is 35.5 Å². The molecule has 314 valence electrons. The van der Waals surface area contributed by atoms with Crippen molar-refractivity contribution in [3.05, 3.63) is 33.6 Å². The number of carbonyl (C=O) groups is 2. The number of rotatable bonds is 4. The van der Waals surface area contributed by atoms with Crippen molar-refractivity contribution in [3.8, 4) is 34.5 Å². The Morgan fingerprint density at radius 2 is 1.16 bits per heavy atom. The SMILES string of the molecule is CC(=O)N1CCN(C2C(O)(O)C(c3c(C)c(O)c(F)c(O)c3O)N(C(=O)N(C)C(C)(O)c3c(O)c(C(F)(F)F)c(O)c(C(F)(F)F)c3O)C(O)(O)C2(O)O)CC1. The molecule has 0 aliphatic carbocycles. The van der Waals surface area contributed by atoms with Crippen LogP contribution in [0.25, 0.3) is 0 Å². The van der Waals surface area contributed by atoms with Gasteiger partial charge in [0, 0.05) is 51.3 Å². The average molecular weight is 825 g/mol. The molecule has 2 saturated heterocycles. The fourth-order valence-corrected chi connectivity index (χ4v) is 6.94. The molecule has 13 N–H and O–H groups in total. The Labute approximate surface area is 308 Å². The van der Waals surface area contributed by atoms with E-state index < -0.39 is 151 Å². The lowest BCUT2D eigenvalue weighted by molar-refractivity contribution is -0.483. The molecule has 3 atom stereocenters. The Bertz CT molecular complexity index is 1880. The number of aromatic hydroxyl groups is 6. The predicted molar refractivity (Wildman–Crippen MR) is 164 cm³/mol. The van der Waals surface area contributed by atoms with Gasteiger partial charge in [0.1, 0.15) is 40.5 Å². The van der Waals surface area contributed by atoms with Gasteiger partial charge in [-0.15, -0.1) is 0 Å². The molecule has 2 heterocycles. The number of piperidine rings is 1. The van der Waals surface area contributed by atoms with Gasteiger partial charge in [0.15, 0.2) is 23.0 Å². The minimum Gasteiger partial charge on any atom is -0.507 e. The third kappa shape index (κ3) is 6.34. The third-order valence-corrected chi connectivity index (χ3v) is 9.93. The van der Waals surface area contributed by atoms with E-state index in [0.29, 0.717) is 11.8 Å². The van der Waals surface area contributed by atoms with Crippen molar-refractivity contribution in [2.75, 3.05) is 33.2 Å². The standard InChI is InChI=1S/C30H35F7N4O15/c1-9-11(17(44)21(48)15(31)16(9)43)22-26(51,52)23(40-7-5-39(6-8-40)10(2)42)27(53,54)30(55,56)41(22)24(49)38(4)25(3,50)12-18(45)13(28(32,33)34)20(47)14(19(12)46)29(35,36)37/h22-23,43-48,50-56H,5-8H2,1-4H3. The van der Waals surface area contributed by atoms with Crippen molar-refractivity contribution in [3.63, 3.8) is 0 Å². The maximum absolute atomic E-state index is 14.7. The molecule has 0 radical (unpaired) electrons. The zero-order chi connectivity index (χ0) is 43.4.